The molecule has 6 nitrogen and oxygen atoms in total. The average molecular weight is 288 g/mol. The van der Waals surface area contributed by atoms with Gasteiger partial charge in [-0.1, -0.05) is 0 Å². The van der Waals surface area contributed by atoms with Gasteiger partial charge in [0, 0.05) is 0 Å². The van der Waals surface area contributed by atoms with E-state index in [1.807, 2.05) is 0 Å². The van der Waals surface area contributed by atoms with Crippen LogP contribution in [0.4, 0.5) is 23.2 Å². The van der Waals surface area contributed by atoms with Crippen molar-refractivity contribution in [3.63, 3.8) is 0 Å². The Labute approximate surface area is 109 Å². The normalized spacial score (nSPS) is 16.6. The maximum atomic E-state index is 13.1. The molecule has 0 fully saturated rings. The van der Waals surface area contributed by atoms with Gasteiger partial charge in [0.05, 0.1) is 11.3 Å². The number of nitrogens with two attached hydrogens (primary N) is 2. The summed E-state index contributed by atoms with van der Waals surface area (Å²) in [6.07, 6.45) is -4.82. The van der Waals surface area contributed by atoms with Gasteiger partial charge in [-0.2, -0.15) is 23.4 Å². The first-order chi connectivity index (χ1) is 9.29. The van der Waals surface area contributed by atoms with Crippen molar-refractivity contribution in [2.45, 2.75) is 12.2 Å². The van der Waals surface area contributed by atoms with Crippen LogP contribution in [0.25, 0.3) is 0 Å². The summed E-state index contributed by atoms with van der Waals surface area (Å²) in [6, 6.07) is 1.31. The van der Waals surface area contributed by atoms with Crippen LogP contribution in [-0.2, 0) is 6.18 Å². The number of amidine groups is 2. The summed E-state index contributed by atoms with van der Waals surface area (Å²) in [5.41, 5.74) is 9.22. The van der Waals surface area contributed by atoms with Crippen molar-refractivity contribution in [2.75, 3.05) is 0 Å². The van der Waals surface area contributed by atoms with E-state index >= 15 is 0 Å². The Balaban J connectivity index is 2.27. The van der Waals surface area contributed by atoms with E-state index in [2.05, 4.69) is 20.4 Å². The number of halogens is 4. The fraction of sp³-hybridized carbons (Fsp3) is 0.200. The zero-order chi connectivity index (χ0) is 14.9. The van der Waals surface area contributed by atoms with Crippen LogP contribution in [0.3, 0.4) is 0 Å². The molecule has 0 saturated heterocycles. The lowest BCUT2D eigenvalue weighted by Crippen LogP contribution is -2.35. The predicted molar refractivity (Wildman–Crippen MR) is 63.0 cm³/mol. The average Bonchev–Trinajstić information content (AvgIpc) is 2.67. The minimum Gasteiger partial charge on any atom is -0.383 e. The van der Waals surface area contributed by atoms with Gasteiger partial charge in [0.15, 0.2) is 17.7 Å². The first-order valence-electron chi connectivity index (χ1n) is 5.23. The van der Waals surface area contributed by atoms with E-state index in [9.17, 15) is 17.6 Å². The maximum Gasteiger partial charge on any atom is 0.419 e. The molecule has 2 rings (SSSR count). The molecule has 0 radical (unpaired) electrons. The smallest absolute Gasteiger partial charge is 0.383 e. The highest BCUT2D eigenvalue weighted by atomic mass is 19.4. The van der Waals surface area contributed by atoms with Crippen molar-refractivity contribution in [2.24, 2.45) is 31.9 Å². The van der Waals surface area contributed by atoms with Crippen molar-refractivity contribution in [1.82, 2.24) is 0 Å². The third-order valence-corrected chi connectivity index (χ3v) is 2.39. The molecule has 1 aliphatic heterocycles. The second-order valence-electron chi connectivity index (χ2n) is 3.83. The minimum atomic E-state index is -4.82. The van der Waals surface area contributed by atoms with Gasteiger partial charge in [0.25, 0.3) is 0 Å². The molecular formula is C10H8F4N6. The monoisotopic (exact) mass is 288 g/mol. The Bertz CT molecular complexity index is 601. The van der Waals surface area contributed by atoms with Gasteiger partial charge in [-0.05, 0) is 18.2 Å². The fourth-order valence-electron chi connectivity index (χ4n) is 1.41. The molecule has 4 N–H and O–H groups in total. The SMILES string of the molecule is NC1=NN=C(N)C1/N=N/c1ccc(F)c(C(F)(F)F)c1. The van der Waals surface area contributed by atoms with Gasteiger partial charge in [-0.3, -0.25) is 0 Å². The van der Waals surface area contributed by atoms with Crippen LogP contribution < -0.4 is 11.5 Å². The highest BCUT2D eigenvalue weighted by Crippen LogP contribution is 2.33. The molecule has 1 aliphatic rings. The number of hydrogen-bond acceptors (Lipinski definition) is 6. The topological polar surface area (TPSA) is 101 Å². The molecule has 0 atom stereocenters. The molecule has 0 unspecified atom stereocenters. The molecule has 10 heteroatoms. The Hall–Kier alpha value is -2.52. The first-order valence-corrected chi connectivity index (χ1v) is 5.23. The van der Waals surface area contributed by atoms with Crippen LogP contribution in [0.5, 0.6) is 0 Å². The number of hydrogen-bond donors (Lipinski definition) is 2. The Morgan fingerprint density at radius 3 is 2.25 bits per heavy atom. The van der Waals surface area contributed by atoms with E-state index < -0.39 is 23.6 Å². The molecule has 0 saturated carbocycles. The standard InChI is InChI=1S/C10H8F4N6/c11-6-2-1-4(3-5(6)10(12,13)14)17-18-7-8(15)19-20-9(7)16/h1-3,7H,(H2,15,19)(H2,16,20)/b18-17+. The van der Waals surface area contributed by atoms with Gasteiger partial charge < -0.3 is 11.5 Å². The van der Waals surface area contributed by atoms with Crippen molar-refractivity contribution < 1.29 is 17.6 Å². The Morgan fingerprint density at radius 1 is 1.10 bits per heavy atom. The second-order valence-corrected chi connectivity index (χ2v) is 3.83. The lowest BCUT2D eigenvalue weighted by molar-refractivity contribution is -0.139. The molecule has 1 aromatic rings. The summed E-state index contributed by atoms with van der Waals surface area (Å²) in [5.74, 6) is -1.44. The van der Waals surface area contributed by atoms with Gasteiger partial charge >= 0.3 is 6.18 Å². The highest BCUT2D eigenvalue weighted by molar-refractivity contribution is 6.11. The summed E-state index contributed by atoms with van der Waals surface area (Å²) in [4.78, 5) is 0. The van der Waals surface area contributed by atoms with E-state index in [4.69, 9.17) is 11.5 Å². The summed E-state index contributed by atoms with van der Waals surface area (Å²) >= 11 is 0. The fourth-order valence-corrected chi connectivity index (χ4v) is 1.41. The predicted octanol–water partition coefficient (Wildman–Crippen LogP) is 1.94. The molecule has 1 aromatic carbocycles. The van der Waals surface area contributed by atoms with Crippen LogP contribution >= 0.6 is 0 Å². The summed E-state index contributed by atoms with van der Waals surface area (Å²) in [5, 5.41) is 14.1. The number of alkyl halides is 3. The number of azo groups is 1. The quantitative estimate of drug-likeness (QED) is 0.641. The molecule has 0 aromatic heterocycles. The van der Waals surface area contributed by atoms with Crippen LogP contribution in [0.15, 0.2) is 38.6 Å². The lowest BCUT2D eigenvalue weighted by atomic mass is 10.2. The van der Waals surface area contributed by atoms with E-state index in [0.717, 1.165) is 6.07 Å². The molecule has 20 heavy (non-hydrogen) atoms. The van der Waals surface area contributed by atoms with E-state index in [-0.39, 0.29) is 17.4 Å². The number of benzene rings is 1. The van der Waals surface area contributed by atoms with E-state index in [1.165, 1.54) is 0 Å². The number of nitrogens with zero attached hydrogens (tertiary/aromatic N) is 4. The number of rotatable bonds is 2. The molecule has 1 heterocycles. The Kier molecular flexibility index (Phi) is 3.38. The van der Waals surface area contributed by atoms with Crippen molar-refractivity contribution in [3.8, 4) is 0 Å². The van der Waals surface area contributed by atoms with Gasteiger partial charge in [-0.15, -0.1) is 10.2 Å². The van der Waals surface area contributed by atoms with Crippen LogP contribution in [0.2, 0.25) is 0 Å². The summed E-state index contributed by atoms with van der Waals surface area (Å²) < 4.78 is 50.6. The Morgan fingerprint density at radius 2 is 1.70 bits per heavy atom. The largest absolute Gasteiger partial charge is 0.419 e. The molecule has 0 spiro atoms. The molecular weight excluding hydrogens is 280 g/mol. The van der Waals surface area contributed by atoms with Gasteiger partial charge in [-0.25, -0.2) is 4.39 Å². The zero-order valence-corrected chi connectivity index (χ0v) is 9.76. The molecule has 0 aliphatic carbocycles. The van der Waals surface area contributed by atoms with Crippen LogP contribution in [0, 0.1) is 5.82 Å². The highest BCUT2D eigenvalue weighted by Gasteiger charge is 2.34. The molecule has 0 bridgehead atoms. The summed E-state index contributed by atoms with van der Waals surface area (Å²) in [7, 11) is 0. The summed E-state index contributed by atoms with van der Waals surface area (Å²) in [6.45, 7) is 0. The van der Waals surface area contributed by atoms with Crippen molar-refractivity contribution in [3.05, 3.63) is 29.6 Å². The van der Waals surface area contributed by atoms with Crippen LogP contribution in [0.1, 0.15) is 5.56 Å². The van der Waals surface area contributed by atoms with Gasteiger partial charge in [0.1, 0.15) is 5.82 Å². The third-order valence-electron chi connectivity index (χ3n) is 2.39. The third kappa shape index (κ3) is 2.73. The van der Waals surface area contributed by atoms with E-state index in [0.29, 0.717) is 12.1 Å². The van der Waals surface area contributed by atoms with Crippen LogP contribution in [-0.4, -0.2) is 17.7 Å². The zero-order valence-electron chi connectivity index (χ0n) is 9.76. The van der Waals surface area contributed by atoms with Crippen molar-refractivity contribution >= 4 is 17.4 Å². The maximum absolute atomic E-state index is 13.1. The second kappa shape index (κ2) is 4.87. The lowest BCUT2D eigenvalue weighted by Gasteiger charge is -2.08. The first kappa shape index (κ1) is 13.9. The molecule has 0 amide bonds. The minimum absolute atomic E-state index is 0.0237. The molecule has 106 valence electrons. The van der Waals surface area contributed by atoms with Crippen molar-refractivity contribution in [1.29, 1.82) is 0 Å². The van der Waals surface area contributed by atoms with E-state index in [1.54, 1.807) is 0 Å². The van der Waals surface area contributed by atoms with Gasteiger partial charge in [0.2, 0.25) is 0 Å².